The zero-order valence-corrected chi connectivity index (χ0v) is 8.88. The number of hydrogen-bond donors (Lipinski definition) is 1. The van der Waals surface area contributed by atoms with Gasteiger partial charge in [0.05, 0.1) is 11.9 Å². The van der Waals surface area contributed by atoms with E-state index in [1.54, 1.807) is 6.08 Å². The van der Waals surface area contributed by atoms with E-state index < -0.39 is 15.3 Å². The normalized spacial score (nSPS) is 16.5. The standard InChI is InChI=1S/C8H17NO3S/c1-4-7(2)5-8(6-12-3)13(9,10)11/h4,7-8H,1,5-6H2,2-3H3,(H2,9,10,11). The Kier molecular flexibility index (Phi) is 5.20. The van der Waals surface area contributed by atoms with Crippen molar-refractivity contribution < 1.29 is 13.2 Å². The molecule has 2 atom stereocenters. The van der Waals surface area contributed by atoms with Crippen molar-refractivity contribution in [2.24, 2.45) is 11.1 Å². The number of nitrogens with two attached hydrogens (primary N) is 1. The monoisotopic (exact) mass is 207 g/mol. The third kappa shape index (κ3) is 5.02. The van der Waals surface area contributed by atoms with Gasteiger partial charge in [0.15, 0.2) is 0 Å². The van der Waals surface area contributed by atoms with Gasteiger partial charge in [0.1, 0.15) is 0 Å². The van der Waals surface area contributed by atoms with Crippen molar-refractivity contribution in [3.63, 3.8) is 0 Å². The summed E-state index contributed by atoms with van der Waals surface area (Å²) in [6, 6.07) is 0. The fraction of sp³-hybridized carbons (Fsp3) is 0.750. The number of allylic oxidation sites excluding steroid dienone is 1. The van der Waals surface area contributed by atoms with E-state index in [1.165, 1.54) is 7.11 Å². The summed E-state index contributed by atoms with van der Waals surface area (Å²) in [5, 5.41) is 4.39. The maximum atomic E-state index is 11.0. The summed E-state index contributed by atoms with van der Waals surface area (Å²) < 4.78 is 26.9. The van der Waals surface area contributed by atoms with Crippen molar-refractivity contribution in [3.05, 3.63) is 12.7 Å². The molecular formula is C8H17NO3S. The lowest BCUT2D eigenvalue weighted by molar-refractivity contribution is 0.191. The molecule has 0 aliphatic rings. The van der Waals surface area contributed by atoms with Crippen molar-refractivity contribution in [1.29, 1.82) is 0 Å². The van der Waals surface area contributed by atoms with Crippen LogP contribution in [0.2, 0.25) is 0 Å². The van der Waals surface area contributed by atoms with E-state index in [-0.39, 0.29) is 12.5 Å². The fourth-order valence-electron chi connectivity index (χ4n) is 0.994. The van der Waals surface area contributed by atoms with Gasteiger partial charge in [-0.2, -0.15) is 0 Å². The van der Waals surface area contributed by atoms with Gasteiger partial charge in [0, 0.05) is 7.11 Å². The molecule has 5 heteroatoms. The number of ether oxygens (including phenoxy) is 1. The van der Waals surface area contributed by atoms with Crippen LogP contribution in [-0.2, 0) is 14.8 Å². The Morgan fingerprint density at radius 1 is 1.62 bits per heavy atom. The number of primary sulfonamides is 1. The van der Waals surface area contributed by atoms with Gasteiger partial charge in [0.25, 0.3) is 0 Å². The van der Waals surface area contributed by atoms with Crippen LogP contribution in [0, 0.1) is 5.92 Å². The highest BCUT2D eigenvalue weighted by molar-refractivity contribution is 7.89. The smallest absolute Gasteiger partial charge is 0.214 e. The summed E-state index contributed by atoms with van der Waals surface area (Å²) in [6.07, 6.45) is 2.16. The maximum absolute atomic E-state index is 11.0. The van der Waals surface area contributed by atoms with E-state index in [0.717, 1.165) is 0 Å². The first-order chi connectivity index (χ1) is 5.91. The number of sulfonamides is 1. The first-order valence-electron chi connectivity index (χ1n) is 4.05. The van der Waals surface area contributed by atoms with E-state index in [9.17, 15) is 8.42 Å². The molecule has 0 rings (SSSR count). The van der Waals surface area contributed by atoms with E-state index in [4.69, 9.17) is 9.88 Å². The zero-order chi connectivity index (χ0) is 10.5. The molecule has 0 saturated heterocycles. The molecular weight excluding hydrogens is 190 g/mol. The molecule has 0 amide bonds. The summed E-state index contributed by atoms with van der Waals surface area (Å²) >= 11 is 0. The minimum absolute atomic E-state index is 0.124. The van der Waals surface area contributed by atoms with E-state index in [2.05, 4.69) is 6.58 Å². The molecule has 2 N–H and O–H groups in total. The van der Waals surface area contributed by atoms with Gasteiger partial charge in [-0.1, -0.05) is 13.0 Å². The minimum Gasteiger partial charge on any atom is -0.383 e. The minimum atomic E-state index is -3.50. The lowest BCUT2D eigenvalue weighted by Crippen LogP contribution is -2.33. The molecule has 4 nitrogen and oxygen atoms in total. The van der Waals surface area contributed by atoms with Gasteiger partial charge in [-0.25, -0.2) is 13.6 Å². The highest BCUT2D eigenvalue weighted by Crippen LogP contribution is 2.12. The van der Waals surface area contributed by atoms with E-state index in [1.807, 2.05) is 6.92 Å². The van der Waals surface area contributed by atoms with Crippen LogP contribution in [0.15, 0.2) is 12.7 Å². The Labute approximate surface area is 79.8 Å². The van der Waals surface area contributed by atoms with Crippen molar-refractivity contribution in [3.8, 4) is 0 Å². The van der Waals surface area contributed by atoms with Gasteiger partial charge < -0.3 is 4.74 Å². The second-order valence-electron chi connectivity index (χ2n) is 3.12. The molecule has 0 spiro atoms. The molecule has 0 aliphatic heterocycles. The summed E-state index contributed by atoms with van der Waals surface area (Å²) in [7, 11) is -2.05. The van der Waals surface area contributed by atoms with Crippen molar-refractivity contribution in [2.45, 2.75) is 18.6 Å². The average Bonchev–Trinajstić information content (AvgIpc) is 2.01. The first kappa shape index (κ1) is 12.6. The van der Waals surface area contributed by atoms with Crippen LogP contribution >= 0.6 is 0 Å². The Bertz CT molecular complexity index is 248. The second kappa shape index (κ2) is 5.36. The van der Waals surface area contributed by atoms with Gasteiger partial charge in [-0.15, -0.1) is 6.58 Å². The lowest BCUT2D eigenvalue weighted by atomic mass is 10.1. The summed E-state index contributed by atoms with van der Waals surface area (Å²) in [4.78, 5) is 0. The molecule has 0 bridgehead atoms. The third-order valence-electron chi connectivity index (χ3n) is 1.85. The van der Waals surface area contributed by atoms with Crippen LogP contribution in [0.25, 0.3) is 0 Å². The van der Waals surface area contributed by atoms with Crippen LogP contribution in [0.3, 0.4) is 0 Å². The molecule has 0 aromatic heterocycles. The molecule has 0 saturated carbocycles. The number of rotatable bonds is 6. The van der Waals surface area contributed by atoms with Gasteiger partial charge in [-0.05, 0) is 12.3 Å². The Morgan fingerprint density at radius 2 is 2.15 bits per heavy atom. The average molecular weight is 207 g/mol. The molecule has 0 aromatic carbocycles. The van der Waals surface area contributed by atoms with E-state index >= 15 is 0 Å². The van der Waals surface area contributed by atoms with Crippen LogP contribution in [0.5, 0.6) is 0 Å². The number of hydrogen-bond acceptors (Lipinski definition) is 3. The molecule has 0 aromatic rings. The van der Waals surface area contributed by atoms with Crippen molar-refractivity contribution in [1.82, 2.24) is 0 Å². The molecule has 13 heavy (non-hydrogen) atoms. The van der Waals surface area contributed by atoms with Crippen LogP contribution in [-0.4, -0.2) is 27.4 Å². The second-order valence-corrected chi connectivity index (χ2v) is 4.96. The summed E-state index contributed by atoms with van der Waals surface area (Å²) in [5.41, 5.74) is 0. The first-order valence-corrected chi connectivity index (χ1v) is 5.65. The molecule has 0 fully saturated rings. The van der Waals surface area contributed by atoms with Gasteiger partial charge >= 0.3 is 0 Å². The summed E-state index contributed by atoms with van der Waals surface area (Å²) in [5.74, 6) is 0.124. The predicted molar refractivity (Wildman–Crippen MR) is 52.7 cm³/mol. The van der Waals surface area contributed by atoms with Crippen LogP contribution in [0.4, 0.5) is 0 Å². The summed E-state index contributed by atoms with van der Waals surface area (Å²) in [6.45, 7) is 5.61. The maximum Gasteiger partial charge on any atom is 0.214 e. The highest BCUT2D eigenvalue weighted by Gasteiger charge is 2.22. The SMILES string of the molecule is C=CC(C)CC(COC)S(N)(=O)=O. The lowest BCUT2D eigenvalue weighted by Gasteiger charge is -2.15. The molecule has 0 radical (unpaired) electrons. The third-order valence-corrected chi connectivity index (χ3v) is 3.11. The quantitative estimate of drug-likeness (QED) is 0.645. The molecule has 78 valence electrons. The van der Waals surface area contributed by atoms with Crippen LogP contribution in [0.1, 0.15) is 13.3 Å². The topological polar surface area (TPSA) is 69.4 Å². The van der Waals surface area contributed by atoms with Crippen molar-refractivity contribution >= 4 is 10.0 Å². The highest BCUT2D eigenvalue weighted by atomic mass is 32.2. The fourth-order valence-corrected chi connectivity index (χ4v) is 1.89. The number of methoxy groups -OCH3 is 1. The van der Waals surface area contributed by atoms with E-state index in [0.29, 0.717) is 6.42 Å². The van der Waals surface area contributed by atoms with Gasteiger partial charge in [0.2, 0.25) is 10.0 Å². The van der Waals surface area contributed by atoms with Crippen molar-refractivity contribution in [2.75, 3.05) is 13.7 Å². The Morgan fingerprint density at radius 3 is 2.46 bits per heavy atom. The predicted octanol–water partition coefficient (Wildman–Crippen LogP) is 0.502. The molecule has 0 heterocycles. The Hall–Kier alpha value is -0.390. The zero-order valence-electron chi connectivity index (χ0n) is 8.06. The molecule has 2 unspecified atom stereocenters. The largest absolute Gasteiger partial charge is 0.383 e. The Balaban J connectivity index is 4.35. The van der Waals surface area contributed by atoms with Crippen LogP contribution < -0.4 is 5.14 Å². The molecule has 0 aliphatic carbocycles. The van der Waals surface area contributed by atoms with Gasteiger partial charge in [-0.3, -0.25) is 0 Å².